The third kappa shape index (κ3) is 7.07. The topological polar surface area (TPSA) is 143 Å². The van der Waals surface area contributed by atoms with Gasteiger partial charge in [0.15, 0.2) is 5.75 Å². The van der Waals surface area contributed by atoms with Crippen molar-refractivity contribution >= 4 is 43.2 Å². The molecule has 0 unspecified atom stereocenters. The number of nitrogens with zero attached hydrogens (tertiary/aromatic N) is 2. The molecule has 1 aliphatic heterocycles. The van der Waals surface area contributed by atoms with Crippen LogP contribution in [0.4, 0.5) is 5.69 Å². The number of hydrogen-bond acceptors (Lipinski definition) is 8. The zero-order valence-electron chi connectivity index (χ0n) is 24.1. The van der Waals surface area contributed by atoms with Crippen LogP contribution in [-0.2, 0) is 20.0 Å². The average Bonchev–Trinajstić information content (AvgIpc) is 2.98. The summed E-state index contributed by atoms with van der Waals surface area (Å²) in [4.78, 5) is 15.2. The Morgan fingerprint density at radius 3 is 2.30 bits per heavy atom. The number of benzene rings is 3. The van der Waals surface area contributed by atoms with E-state index in [1.807, 2.05) is 0 Å². The number of aliphatic hydroxyl groups excluding tert-OH is 1. The molecule has 0 radical (unpaired) electrons. The first-order valence-electron chi connectivity index (χ1n) is 13.4. The Morgan fingerprint density at radius 2 is 1.70 bits per heavy atom. The number of fused-ring (bicyclic) bond motifs is 1. The Hall–Kier alpha value is -3.36. The number of rotatable bonds is 10. The zero-order chi connectivity index (χ0) is 31.5. The number of amides is 1. The molecule has 3 aromatic carbocycles. The number of likely N-dealkylation sites (N-methyl/N-ethyl adjacent to an activating group) is 1. The second-order valence-electron chi connectivity index (χ2n) is 10.3. The van der Waals surface area contributed by atoms with E-state index in [1.54, 1.807) is 26.0 Å². The van der Waals surface area contributed by atoms with Crippen molar-refractivity contribution in [3.63, 3.8) is 0 Å². The van der Waals surface area contributed by atoms with Gasteiger partial charge in [0, 0.05) is 24.5 Å². The molecule has 3 aromatic rings. The first-order valence-corrected chi connectivity index (χ1v) is 16.7. The number of nitrogens with one attached hydrogen (secondary N) is 1. The molecular weight excluding hydrogens is 618 g/mol. The van der Waals surface area contributed by atoms with Gasteiger partial charge >= 0.3 is 0 Å². The van der Waals surface area contributed by atoms with Crippen LogP contribution in [0, 0.1) is 5.92 Å². The van der Waals surface area contributed by atoms with Gasteiger partial charge in [-0.15, -0.1) is 0 Å². The summed E-state index contributed by atoms with van der Waals surface area (Å²) in [5, 5.41) is 10.3. The van der Waals surface area contributed by atoms with E-state index in [1.165, 1.54) is 73.7 Å². The van der Waals surface area contributed by atoms with Crippen molar-refractivity contribution in [2.75, 3.05) is 38.6 Å². The monoisotopic (exact) mass is 651 g/mol. The first-order chi connectivity index (χ1) is 20.3. The zero-order valence-corrected chi connectivity index (χ0v) is 26.5. The molecule has 1 aliphatic rings. The lowest BCUT2D eigenvalue weighted by Gasteiger charge is -2.38. The summed E-state index contributed by atoms with van der Waals surface area (Å²) in [6, 6.07) is 15.4. The highest BCUT2D eigenvalue weighted by molar-refractivity contribution is 7.92. The van der Waals surface area contributed by atoms with Gasteiger partial charge in [0.2, 0.25) is 10.0 Å². The molecular formula is C29H34ClN3O8S2. The highest BCUT2D eigenvalue weighted by Crippen LogP contribution is 2.36. The number of sulfonamides is 2. The SMILES string of the molecule is COc1ccc(S(=O)(=O)N(C)C[C@@H]2Oc3c(NS(=O)(=O)c4ccc(Cl)cc4)cccc3C(=O)N([C@H](C)CO)C[C@H]2C)cc1. The standard InChI is InChI=1S/C29H34ClN3O8S2/c1-19-16-33(20(2)18-34)29(35)25-6-5-7-26(31-42(36,37)23-12-8-21(30)9-13-23)28(25)41-27(19)17-32(3)43(38,39)24-14-10-22(40-4)11-15-24/h5-15,19-20,27,31,34H,16-18H2,1-4H3/t19-,20-,27+/m1/s1. The van der Waals surface area contributed by atoms with Gasteiger partial charge in [-0.05, 0) is 67.6 Å². The summed E-state index contributed by atoms with van der Waals surface area (Å²) >= 11 is 5.93. The van der Waals surface area contributed by atoms with E-state index in [4.69, 9.17) is 21.1 Å². The molecule has 14 heteroatoms. The molecule has 1 heterocycles. The summed E-state index contributed by atoms with van der Waals surface area (Å²) < 4.78 is 68.6. The minimum absolute atomic E-state index is 0.00262. The van der Waals surface area contributed by atoms with Gasteiger partial charge in [-0.1, -0.05) is 24.6 Å². The van der Waals surface area contributed by atoms with E-state index in [9.17, 15) is 26.7 Å². The van der Waals surface area contributed by atoms with Crippen molar-refractivity contribution in [2.45, 2.75) is 35.8 Å². The van der Waals surface area contributed by atoms with Crippen molar-refractivity contribution < 1.29 is 36.2 Å². The van der Waals surface area contributed by atoms with E-state index in [2.05, 4.69) is 4.72 Å². The minimum Gasteiger partial charge on any atom is -0.497 e. The number of carbonyl (C=O) groups is 1. The molecule has 0 aromatic heterocycles. The van der Waals surface area contributed by atoms with E-state index in [0.29, 0.717) is 10.8 Å². The summed E-state index contributed by atoms with van der Waals surface area (Å²) in [7, 11) is -5.18. The Balaban J connectivity index is 1.74. The molecule has 232 valence electrons. The summed E-state index contributed by atoms with van der Waals surface area (Å²) in [5.41, 5.74) is 0.0614. The summed E-state index contributed by atoms with van der Waals surface area (Å²) in [6.07, 6.45) is -0.820. The summed E-state index contributed by atoms with van der Waals surface area (Å²) in [5.74, 6) is -0.437. The van der Waals surface area contributed by atoms with Crippen LogP contribution in [0.2, 0.25) is 5.02 Å². The second kappa shape index (κ2) is 13.1. The Bertz CT molecular complexity index is 1670. The molecule has 11 nitrogen and oxygen atoms in total. The maximum absolute atomic E-state index is 13.7. The van der Waals surface area contributed by atoms with Crippen molar-refractivity contribution in [3.8, 4) is 11.5 Å². The normalized spacial score (nSPS) is 18.3. The molecule has 0 aliphatic carbocycles. The number of ether oxygens (including phenoxy) is 2. The van der Waals surface area contributed by atoms with Crippen LogP contribution in [0.3, 0.4) is 0 Å². The number of methoxy groups -OCH3 is 1. The lowest BCUT2D eigenvalue weighted by atomic mass is 9.99. The van der Waals surface area contributed by atoms with Gasteiger partial charge in [-0.25, -0.2) is 16.8 Å². The van der Waals surface area contributed by atoms with E-state index in [-0.39, 0.29) is 46.5 Å². The molecule has 0 fully saturated rings. The molecule has 0 spiro atoms. The number of aliphatic hydroxyl groups is 1. The molecule has 0 saturated heterocycles. The van der Waals surface area contributed by atoms with Crippen molar-refractivity contribution in [2.24, 2.45) is 5.92 Å². The van der Waals surface area contributed by atoms with Crippen LogP contribution in [0.15, 0.2) is 76.5 Å². The maximum atomic E-state index is 13.7. The number of halogens is 1. The number of hydrogen-bond donors (Lipinski definition) is 2. The predicted octanol–water partition coefficient (Wildman–Crippen LogP) is 3.69. The van der Waals surface area contributed by atoms with Crippen molar-refractivity contribution in [3.05, 3.63) is 77.3 Å². The predicted molar refractivity (Wildman–Crippen MR) is 163 cm³/mol. The van der Waals surface area contributed by atoms with Crippen LogP contribution in [0.1, 0.15) is 24.2 Å². The lowest BCUT2D eigenvalue weighted by molar-refractivity contribution is 0.0389. The van der Waals surface area contributed by atoms with Crippen LogP contribution < -0.4 is 14.2 Å². The molecule has 3 atom stereocenters. The van der Waals surface area contributed by atoms with Gasteiger partial charge < -0.3 is 19.5 Å². The maximum Gasteiger partial charge on any atom is 0.262 e. The van der Waals surface area contributed by atoms with E-state index >= 15 is 0 Å². The Morgan fingerprint density at radius 1 is 1.07 bits per heavy atom. The molecule has 0 bridgehead atoms. The van der Waals surface area contributed by atoms with Crippen LogP contribution >= 0.6 is 11.6 Å². The number of anilines is 1. The van der Waals surface area contributed by atoms with Gasteiger partial charge in [0.1, 0.15) is 11.9 Å². The van der Waals surface area contributed by atoms with Gasteiger partial charge in [-0.2, -0.15) is 4.31 Å². The molecule has 1 amide bonds. The van der Waals surface area contributed by atoms with E-state index < -0.39 is 44.0 Å². The van der Waals surface area contributed by atoms with Crippen molar-refractivity contribution in [1.29, 1.82) is 0 Å². The summed E-state index contributed by atoms with van der Waals surface area (Å²) in [6.45, 7) is 3.21. The molecule has 0 saturated carbocycles. The molecule has 4 rings (SSSR count). The van der Waals surface area contributed by atoms with Gasteiger partial charge in [-0.3, -0.25) is 9.52 Å². The third-order valence-corrected chi connectivity index (χ3v) is 10.7. The first kappa shape index (κ1) is 32.6. The fraction of sp³-hybridized carbons (Fsp3) is 0.345. The highest BCUT2D eigenvalue weighted by atomic mass is 35.5. The fourth-order valence-electron chi connectivity index (χ4n) is 4.64. The second-order valence-corrected chi connectivity index (χ2v) is 14.5. The average molecular weight is 652 g/mol. The molecule has 2 N–H and O–H groups in total. The van der Waals surface area contributed by atoms with Crippen LogP contribution in [0.5, 0.6) is 11.5 Å². The van der Waals surface area contributed by atoms with E-state index in [0.717, 1.165) is 4.31 Å². The smallest absolute Gasteiger partial charge is 0.262 e. The largest absolute Gasteiger partial charge is 0.497 e. The molecule has 43 heavy (non-hydrogen) atoms. The number of para-hydroxylation sites is 1. The lowest BCUT2D eigenvalue weighted by Crippen LogP contribution is -2.50. The fourth-order valence-corrected chi connectivity index (χ4v) is 7.01. The van der Waals surface area contributed by atoms with Crippen LogP contribution in [-0.4, -0.2) is 83.1 Å². The Labute approximate surface area is 257 Å². The minimum atomic E-state index is -4.13. The number of carbonyl (C=O) groups excluding carboxylic acids is 1. The highest BCUT2D eigenvalue weighted by Gasteiger charge is 2.36. The third-order valence-electron chi connectivity index (χ3n) is 7.26. The Kier molecular flexibility index (Phi) is 9.92. The van der Waals surface area contributed by atoms with Gasteiger partial charge in [0.05, 0.1) is 47.3 Å². The van der Waals surface area contributed by atoms with Crippen LogP contribution in [0.25, 0.3) is 0 Å². The quantitative estimate of drug-likeness (QED) is 0.338. The van der Waals surface area contributed by atoms with Crippen molar-refractivity contribution in [1.82, 2.24) is 9.21 Å². The van der Waals surface area contributed by atoms with Gasteiger partial charge in [0.25, 0.3) is 15.9 Å².